The van der Waals surface area contributed by atoms with E-state index in [0.29, 0.717) is 11.3 Å². The molecule has 208 valence electrons. The van der Waals surface area contributed by atoms with E-state index >= 15 is 0 Å². The van der Waals surface area contributed by atoms with Gasteiger partial charge in [0, 0.05) is 5.69 Å². The van der Waals surface area contributed by atoms with E-state index in [0.717, 1.165) is 39.1 Å². The van der Waals surface area contributed by atoms with Crippen molar-refractivity contribution in [1.82, 2.24) is 4.90 Å². The summed E-state index contributed by atoms with van der Waals surface area (Å²) in [6, 6.07) is 16.5. The van der Waals surface area contributed by atoms with Crippen molar-refractivity contribution in [2.45, 2.75) is 20.8 Å². The number of amides is 3. The fraction of sp³-hybridized carbons (Fsp3) is 0.233. The molecule has 4 rings (SSSR count). The lowest BCUT2D eigenvalue weighted by Gasteiger charge is -2.15. The number of rotatable bonds is 10. The lowest BCUT2D eigenvalue weighted by Crippen LogP contribution is -2.32. The molecule has 0 bridgehead atoms. The van der Waals surface area contributed by atoms with Crippen LogP contribution in [0, 0.1) is 20.8 Å². The highest BCUT2D eigenvalue weighted by Crippen LogP contribution is 2.39. The molecule has 0 atom stereocenters. The summed E-state index contributed by atoms with van der Waals surface area (Å²) < 4.78 is 16.9. The van der Waals surface area contributed by atoms with E-state index in [2.05, 4.69) is 5.32 Å². The van der Waals surface area contributed by atoms with Gasteiger partial charge in [0.2, 0.25) is 0 Å². The number of carbonyl (C=O) groups excluding carboxylic acids is 3. The van der Waals surface area contributed by atoms with Crippen molar-refractivity contribution in [2.24, 2.45) is 0 Å². The van der Waals surface area contributed by atoms with E-state index in [-0.39, 0.29) is 52.3 Å². The van der Waals surface area contributed by atoms with Crippen LogP contribution in [0.5, 0.6) is 17.2 Å². The van der Waals surface area contributed by atoms with Crippen LogP contribution in [0.2, 0.25) is 5.02 Å². The van der Waals surface area contributed by atoms with Crippen LogP contribution in [0.3, 0.4) is 0 Å². The monoisotopic (exact) mass is 580 g/mol. The number of halogens is 1. The minimum atomic E-state index is -0.414. The zero-order valence-electron chi connectivity index (χ0n) is 22.6. The summed E-state index contributed by atoms with van der Waals surface area (Å²) in [6.45, 7) is 5.85. The summed E-state index contributed by atoms with van der Waals surface area (Å²) in [7, 11) is 1.44. The van der Waals surface area contributed by atoms with Crippen LogP contribution in [0.15, 0.2) is 59.5 Å². The lowest BCUT2D eigenvalue weighted by atomic mass is 10.1. The number of anilines is 1. The second-order valence-electron chi connectivity index (χ2n) is 9.19. The smallest absolute Gasteiger partial charge is 0.293 e. The third-order valence-electron chi connectivity index (χ3n) is 5.99. The molecule has 10 heteroatoms. The molecule has 3 aromatic rings. The molecule has 3 aromatic carbocycles. The molecule has 1 aliphatic rings. The van der Waals surface area contributed by atoms with E-state index in [1.165, 1.54) is 7.11 Å². The minimum Gasteiger partial charge on any atom is -0.493 e. The van der Waals surface area contributed by atoms with Gasteiger partial charge in [-0.15, -0.1) is 0 Å². The molecule has 0 radical (unpaired) electrons. The SMILES string of the molecule is COc1cc(/C=C2\SC(=O)N(CCOc3cc(C)ccc3C)C2=O)cc(Cl)c1OCC(=O)Nc1cccc(C)c1. The number of aryl methyl sites for hydroxylation is 3. The summed E-state index contributed by atoms with van der Waals surface area (Å²) in [6.07, 6.45) is 1.57. The van der Waals surface area contributed by atoms with Crippen LogP contribution in [0.1, 0.15) is 22.3 Å². The molecule has 0 spiro atoms. The minimum absolute atomic E-state index is 0.122. The number of ether oxygens (including phenoxy) is 3. The van der Waals surface area contributed by atoms with Gasteiger partial charge >= 0.3 is 0 Å². The van der Waals surface area contributed by atoms with Crippen molar-refractivity contribution < 1.29 is 28.6 Å². The number of nitrogens with zero attached hydrogens (tertiary/aromatic N) is 1. The molecule has 0 saturated carbocycles. The number of imide groups is 1. The van der Waals surface area contributed by atoms with Crippen molar-refractivity contribution in [1.29, 1.82) is 0 Å². The summed E-state index contributed by atoms with van der Waals surface area (Å²) in [4.78, 5) is 39.3. The lowest BCUT2D eigenvalue weighted by molar-refractivity contribution is -0.123. The van der Waals surface area contributed by atoms with Crippen molar-refractivity contribution >= 4 is 52.2 Å². The van der Waals surface area contributed by atoms with E-state index in [9.17, 15) is 14.4 Å². The maximum atomic E-state index is 13.0. The van der Waals surface area contributed by atoms with E-state index in [1.807, 2.05) is 57.2 Å². The third kappa shape index (κ3) is 7.16. The first-order chi connectivity index (χ1) is 19.1. The summed E-state index contributed by atoms with van der Waals surface area (Å²) in [5.74, 6) is 0.422. The van der Waals surface area contributed by atoms with Gasteiger partial charge in [-0.3, -0.25) is 19.3 Å². The van der Waals surface area contributed by atoms with Crippen molar-refractivity contribution in [2.75, 3.05) is 32.2 Å². The Hall–Kier alpha value is -3.95. The van der Waals surface area contributed by atoms with Gasteiger partial charge in [0.1, 0.15) is 12.4 Å². The maximum absolute atomic E-state index is 13.0. The normalized spacial score (nSPS) is 14.0. The van der Waals surface area contributed by atoms with Crippen LogP contribution < -0.4 is 19.5 Å². The number of thioether (sulfide) groups is 1. The Morgan fingerprint density at radius 3 is 2.52 bits per heavy atom. The molecule has 0 aliphatic carbocycles. The summed E-state index contributed by atoms with van der Waals surface area (Å²) in [5.41, 5.74) is 4.25. The van der Waals surface area contributed by atoms with Gasteiger partial charge in [0.15, 0.2) is 18.1 Å². The van der Waals surface area contributed by atoms with E-state index < -0.39 is 5.91 Å². The number of carbonyl (C=O) groups is 3. The molecule has 3 amide bonds. The van der Waals surface area contributed by atoms with Gasteiger partial charge in [-0.05, 0) is 91.2 Å². The first-order valence-corrected chi connectivity index (χ1v) is 13.7. The van der Waals surface area contributed by atoms with E-state index in [4.69, 9.17) is 25.8 Å². The standard InChI is InChI=1S/C30H29ClN2O6S/c1-18-6-5-7-22(12-18)32-27(34)17-39-28-23(31)14-21(15-25(28)37-4)16-26-29(35)33(30(36)40-26)10-11-38-24-13-19(2)8-9-20(24)3/h5-9,12-16H,10-11,17H2,1-4H3,(H,32,34)/b26-16-. The Morgan fingerprint density at radius 1 is 1.00 bits per heavy atom. The fourth-order valence-electron chi connectivity index (χ4n) is 3.97. The molecular formula is C30H29ClN2O6S. The van der Waals surface area contributed by atoms with E-state index in [1.54, 1.807) is 24.3 Å². The Morgan fingerprint density at radius 2 is 1.77 bits per heavy atom. The van der Waals surface area contributed by atoms with Gasteiger partial charge in [0.25, 0.3) is 17.1 Å². The first-order valence-electron chi connectivity index (χ1n) is 12.5. The second-order valence-corrected chi connectivity index (χ2v) is 10.6. The second kappa shape index (κ2) is 12.9. The molecule has 1 saturated heterocycles. The molecule has 1 heterocycles. The number of methoxy groups -OCH3 is 1. The Labute approximate surface area is 242 Å². The number of hydrogen-bond donors (Lipinski definition) is 1. The Kier molecular flexibility index (Phi) is 9.39. The highest BCUT2D eigenvalue weighted by Gasteiger charge is 2.35. The molecule has 8 nitrogen and oxygen atoms in total. The topological polar surface area (TPSA) is 94.2 Å². The zero-order chi connectivity index (χ0) is 28.8. The predicted molar refractivity (Wildman–Crippen MR) is 157 cm³/mol. The van der Waals surface area contributed by atoms with Crippen molar-refractivity contribution in [3.8, 4) is 17.2 Å². The van der Waals surface area contributed by atoms with Gasteiger partial charge in [-0.1, -0.05) is 35.9 Å². The van der Waals surface area contributed by atoms with Crippen molar-refractivity contribution in [3.05, 3.63) is 86.8 Å². The maximum Gasteiger partial charge on any atom is 0.293 e. The number of nitrogens with one attached hydrogen (secondary N) is 1. The van der Waals surface area contributed by atoms with Gasteiger partial charge < -0.3 is 19.5 Å². The van der Waals surface area contributed by atoms with Crippen LogP contribution >= 0.6 is 23.4 Å². The molecule has 1 N–H and O–H groups in total. The van der Waals surface area contributed by atoms with Crippen LogP contribution in [0.4, 0.5) is 10.5 Å². The third-order valence-corrected chi connectivity index (χ3v) is 7.18. The Bertz CT molecular complexity index is 1490. The van der Waals surface area contributed by atoms with Crippen LogP contribution in [-0.2, 0) is 9.59 Å². The average Bonchev–Trinajstić information content (AvgIpc) is 3.17. The largest absolute Gasteiger partial charge is 0.493 e. The first kappa shape index (κ1) is 29.0. The highest BCUT2D eigenvalue weighted by atomic mass is 35.5. The van der Waals surface area contributed by atoms with Crippen LogP contribution in [-0.4, -0.2) is 48.8 Å². The summed E-state index contributed by atoms with van der Waals surface area (Å²) in [5, 5.41) is 2.58. The molecule has 1 fully saturated rings. The predicted octanol–water partition coefficient (Wildman–Crippen LogP) is 6.41. The molecule has 0 aromatic heterocycles. The van der Waals surface area contributed by atoms with Gasteiger partial charge in [0.05, 0.1) is 23.6 Å². The Balaban J connectivity index is 1.40. The highest BCUT2D eigenvalue weighted by molar-refractivity contribution is 8.18. The number of benzene rings is 3. The van der Waals surface area contributed by atoms with Crippen LogP contribution in [0.25, 0.3) is 6.08 Å². The molecule has 1 aliphatic heterocycles. The quantitative estimate of drug-likeness (QED) is 0.277. The molecule has 0 unspecified atom stereocenters. The van der Waals surface area contributed by atoms with Gasteiger partial charge in [-0.25, -0.2) is 0 Å². The van der Waals surface area contributed by atoms with Crippen molar-refractivity contribution in [3.63, 3.8) is 0 Å². The van der Waals surface area contributed by atoms with Gasteiger partial charge in [-0.2, -0.15) is 0 Å². The summed E-state index contributed by atoms with van der Waals surface area (Å²) >= 11 is 7.30. The fourth-order valence-corrected chi connectivity index (χ4v) is 5.11. The average molecular weight is 581 g/mol. The number of hydrogen-bond acceptors (Lipinski definition) is 7. The molecule has 40 heavy (non-hydrogen) atoms. The zero-order valence-corrected chi connectivity index (χ0v) is 24.2. The molecular weight excluding hydrogens is 552 g/mol.